The van der Waals surface area contributed by atoms with Crippen LogP contribution in [-0.2, 0) is 10.2 Å². The lowest BCUT2D eigenvalue weighted by Crippen LogP contribution is -2.21. The third-order valence-electron chi connectivity index (χ3n) is 6.43. The molecule has 2 heterocycles. The molecule has 4 N–H and O–H groups in total. The minimum atomic E-state index is -0.508. The number of para-hydroxylation sites is 2. The van der Waals surface area contributed by atoms with Gasteiger partial charge in [-0.2, -0.15) is 0 Å². The fourth-order valence-electron chi connectivity index (χ4n) is 4.20. The van der Waals surface area contributed by atoms with Crippen LogP contribution in [-0.4, -0.2) is 34.2 Å². The SMILES string of the molecule is COC(=O)c1nc(Nc2ccccc2NC(=N)Nc2ccc(-c3ccccc3)nn2)sc1-c1ccc(C(C)(C)C)cc1. The molecule has 9 nitrogen and oxygen atoms in total. The Kier molecular flexibility index (Phi) is 8.26. The first-order valence-electron chi connectivity index (χ1n) is 13.3. The highest BCUT2D eigenvalue weighted by atomic mass is 32.1. The number of rotatable bonds is 7. The van der Waals surface area contributed by atoms with E-state index < -0.39 is 5.97 Å². The number of hydrogen-bond donors (Lipinski definition) is 4. The van der Waals surface area contributed by atoms with Gasteiger partial charge >= 0.3 is 5.97 Å². The number of nitrogens with one attached hydrogen (secondary N) is 4. The van der Waals surface area contributed by atoms with E-state index in [4.69, 9.17) is 10.1 Å². The van der Waals surface area contributed by atoms with E-state index in [1.165, 1.54) is 24.0 Å². The van der Waals surface area contributed by atoms with Crippen LogP contribution in [0.3, 0.4) is 0 Å². The Morgan fingerprint density at radius 1 is 0.810 bits per heavy atom. The first-order valence-corrected chi connectivity index (χ1v) is 14.1. The largest absolute Gasteiger partial charge is 0.464 e. The van der Waals surface area contributed by atoms with Crippen molar-refractivity contribution < 1.29 is 9.53 Å². The second kappa shape index (κ2) is 12.2. The van der Waals surface area contributed by atoms with Crippen molar-refractivity contribution in [3.8, 4) is 21.7 Å². The second-order valence-electron chi connectivity index (χ2n) is 10.5. The monoisotopic (exact) mass is 577 g/mol. The summed E-state index contributed by atoms with van der Waals surface area (Å²) in [7, 11) is 1.35. The van der Waals surface area contributed by atoms with Crippen molar-refractivity contribution in [2.45, 2.75) is 26.2 Å². The minimum absolute atomic E-state index is 0.0139. The van der Waals surface area contributed by atoms with E-state index in [0.29, 0.717) is 27.2 Å². The number of carbonyl (C=O) groups is 1. The van der Waals surface area contributed by atoms with E-state index in [1.54, 1.807) is 6.07 Å². The zero-order valence-electron chi connectivity index (χ0n) is 23.7. The summed E-state index contributed by atoms with van der Waals surface area (Å²) in [6.45, 7) is 6.48. The van der Waals surface area contributed by atoms with E-state index in [2.05, 4.69) is 64.0 Å². The summed E-state index contributed by atoms with van der Waals surface area (Å²) >= 11 is 1.36. The van der Waals surface area contributed by atoms with E-state index in [0.717, 1.165) is 16.8 Å². The van der Waals surface area contributed by atoms with Gasteiger partial charge in [0, 0.05) is 5.56 Å². The van der Waals surface area contributed by atoms with Gasteiger partial charge in [0.1, 0.15) is 0 Å². The predicted molar refractivity (Wildman–Crippen MR) is 170 cm³/mol. The molecule has 0 aliphatic carbocycles. The first-order chi connectivity index (χ1) is 20.2. The molecular formula is C32H31N7O2S. The van der Waals surface area contributed by atoms with Crippen LogP contribution in [0.15, 0.2) is 91.0 Å². The summed E-state index contributed by atoms with van der Waals surface area (Å²) < 4.78 is 5.02. The average Bonchev–Trinajstić information content (AvgIpc) is 3.42. The molecule has 3 aromatic carbocycles. The number of anilines is 4. The lowest BCUT2D eigenvalue weighted by molar-refractivity contribution is 0.0596. The Labute approximate surface area is 248 Å². The molecule has 0 atom stereocenters. The normalized spacial score (nSPS) is 11.0. The molecule has 0 amide bonds. The number of nitrogens with zero attached hydrogens (tertiary/aromatic N) is 3. The molecule has 0 saturated heterocycles. The lowest BCUT2D eigenvalue weighted by Gasteiger charge is -2.19. The Hall–Kier alpha value is -5.09. The summed E-state index contributed by atoms with van der Waals surface area (Å²) in [5, 5.41) is 26.7. The van der Waals surface area contributed by atoms with Crippen molar-refractivity contribution >= 4 is 45.6 Å². The third-order valence-corrected chi connectivity index (χ3v) is 7.45. The van der Waals surface area contributed by atoms with Gasteiger partial charge in [-0.05, 0) is 40.8 Å². The van der Waals surface area contributed by atoms with Crippen LogP contribution >= 0.6 is 11.3 Å². The number of ether oxygens (including phenoxy) is 1. The molecule has 2 aromatic heterocycles. The number of guanidine groups is 1. The Morgan fingerprint density at radius 2 is 1.50 bits per heavy atom. The van der Waals surface area contributed by atoms with Crippen LogP contribution in [0.25, 0.3) is 21.7 Å². The summed E-state index contributed by atoms with van der Waals surface area (Å²) in [5.41, 5.74) is 5.35. The molecule has 0 aliphatic heterocycles. The average molecular weight is 578 g/mol. The van der Waals surface area contributed by atoms with Gasteiger partial charge in [0.15, 0.2) is 22.6 Å². The van der Waals surface area contributed by atoms with Gasteiger partial charge < -0.3 is 20.7 Å². The van der Waals surface area contributed by atoms with Crippen molar-refractivity contribution in [1.29, 1.82) is 5.41 Å². The molecule has 0 unspecified atom stereocenters. The van der Waals surface area contributed by atoms with E-state index in [-0.39, 0.29) is 17.1 Å². The number of hydrogen-bond acceptors (Lipinski definition) is 8. The van der Waals surface area contributed by atoms with Crippen molar-refractivity contribution in [2.75, 3.05) is 23.1 Å². The molecular weight excluding hydrogens is 546 g/mol. The fraction of sp³-hybridized carbons (Fsp3) is 0.156. The van der Waals surface area contributed by atoms with Gasteiger partial charge in [0.05, 0.1) is 29.1 Å². The van der Waals surface area contributed by atoms with E-state index >= 15 is 0 Å². The fourth-order valence-corrected chi connectivity index (χ4v) is 5.17. The molecule has 42 heavy (non-hydrogen) atoms. The number of methoxy groups -OCH3 is 1. The quantitative estimate of drug-likeness (QED) is 0.0887. The number of esters is 1. The zero-order chi connectivity index (χ0) is 29.7. The summed E-state index contributed by atoms with van der Waals surface area (Å²) in [6.07, 6.45) is 0. The molecule has 0 fully saturated rings. The number of aromatic nitrogens is 3. The topological polar surface area (TPSA) is 125 Å². The highest BCUT2D eigenvalue weighted by Crippen LogP contribution is 2.37. The van der Waals surface area contributed by atoms with Crippen molar-refractivity contribution in [3.63, 3.8) is 0 Å². The Balaban J connectivity index is 1.33. The van der Waals surface area contributed by atoms with Crippen LogP contribution in [0, 0.1) is 5.41 Å². The molecule has 10 heteroatoms. The molecule has 0 aliphatic rings. The van der Waals surface area contributed by atoms with Gasteiger partial charge in [-0.15, -0.1) is 10.2 Å². The highest BCUT2D eigenvalue weighted by molar-refractivity contribution is 7.19. The van der Waals surface area contributed by atoms with E-state index in [9.17, 15) is 4.79 Å². The number of carbonyl (C=O) groups excluding carboxylic acids is 1. The predicted octanol–water partition coefficient (Wildman–Crippen LogP) is 7.55. The van der Waals surface area contributed by atoms with Crippen LogP contribution in [0.4, 0.5) is 22.3 Å². The van der Waals surface area contributed by atoms with Crippen LogP contribution < -0.4 is 16.0 Å². The van der Waals surface area contributed by atoms with Gasteiger partial charge in [-0.1, -0.05) is 98.8 Å². The number of benzene rings is 3. The van der Waals surface area contributed by atoms with Gasteiger partial charge in [0.2, 0.25) is 0 Å². The summed E-state index contributed by atoms with van der Waals surface area (Å²) in [6, 6.07) is 29.0. The van der Waals surface area contributed by atoms with Crippen molar-refractivity contribution in [3.05, 3.63) is 102 Å². The van der Waals surface area contributed by atoms with E-state index in [1.807, 2.05) is 72.8 Å². The molecule has 0 bridgehead atoms. The first kappa shape index (κ1) is 28.4. The lowest BCUT2D eigenvalue weighted by atomic mass is 9.86. The highest BCUT2D eigenvalue weighted by Gasteiger charge is 2.22. The maximum Gasteiger partial charge on any atom is 0.358 e. The Bertz CT molecular complexity index is 1690. The maximum absolute atomic E-state index is 12.6. The van der Waals surface area contributed by atoms with Crippen molar-refractivity contribution in [1.82, 2.24) is 15.2 Å². The molecule has 0 saturated carbocycles. The van der Waals surface area contributed by atoms with Crippen LogP contribution in [0.5, 0.6) is 0 Å². The molecule has 5 aromatic rings. The summed E-state index contributed by atoms with van der Waals surface area (Å²) in [4.78, 5) is 17.9. The molecule has 5 rings (SSSR count). The molecule has 0 spiro atoms. The molecule has 212 valence electrons. The minimum Gasteiger partial charge on any atom is -0.464 e. The van der Waals surface area contributed by atoms with Crippen LogP contribution in [0.2, 0.25) is 0 Å². The summed E-state index contributed by atoms with van der Waals surface area (Å²) in [5.74, 6) is -0.0617. The van der Waals surface area contributed by atoms with Crippen molar-refractivity contribution in [2.24, 2.45) is 0 Å². The van der Waals surface area contributed by atoms with Gasteiger partial charge in [-0.3, -0.25) is 5.41 Å². The standard InChI is InChI=1S/C32H31N7O2S/c1-32(2,3)22-16-14-21(15-17-22)28-27(29(40)41-4)37-31(42-28)35-25-13-9-8-12-24(25)34-30(33)36-26-19-18-23(38-39-26)20-10-6-5-7-11-20/h5-19H,1-4H3,(H,35,37)(H3,33,34,36,39). The van der Waals surface area contributed by atoms with Crippen LogP contribution in [0.1, 0.15) is 36.8 Å². The zero-order valence-corrected chi connectivity index (χ0v) is 24.5. The van der Waals surface area contributed by atoms with Gasteiger partial charge in [0.25, 0.3) is 0 Å². The van der Waals surface area contributed by atoms with Gasteiger partial charge in [-0.25, -0.2) is 9.78 Å². The smallest absolute Gasteiger partial charge is 0.358 e. The third kappa shape index (κ3) is 6.61. The second-order valence-corrected chi connectivity index (χ2v) is 11.5. The number of thiazole rings is 1. The maximum atomic E-state index is 12.6. The Morgan fingerprint density at radius 3 is 2.14 bits per heavy atom. The molecule has 0 radical (unpaired) electrons.